The highest BCUT2D eigenvalue weighted by Crippen LogP contribution is 2.26. The largest absolute Gasteiger partial charge is 0.381 e. The number of aromatic nitrogens is 3. The smallest absolute Gasteiger partial charge is 0.233 e. The molecule has 1 aromatic carbocycles. The van der Waals surface area contributed by atoms with Gasteiger partial charge in [0, 0.05) is 32.3 Å². The van der Waals surface area contributed by atoms with Crippen LogP contribution in [0.15, 0.2) is 29.4 Å². The number of carbonyl (C=O) groups is 1. The lowest BCUT2D eigenvalue weighted by Gasteiger charge is -2.31. The zero-order valence-electron chi connectivity index (χ0n) is 15.6. The monoisotopic (exact) mass is 374 g/mol. The number of rotatable bonds is 6. The average molecular weight is 375 g/mol. The van der Waals surface area contributed by atoms with Crippen LogP contribution in [0.5, 0.6) is 0 Å². The van der Waals surface area contributed by atoms with E-state index in [4.69, 9.17) is 4.74 Å². The summed E-state index contributed by atoms with van der Waals surface area (Å²) < 4.78 is 7.45. The fraction of sp³-hybridized carbons (Fsp3) is 0.526. The Labute approximate surface area is 158 Å². The molecule has 2 aromatic rings. The molecule has 0 atom stereocenters. The van der Waals surface area contributed by atoms with Gasteiger partial charge in [-0.2, -0.15) is 0 Å². The lowest BCUT2D eigenvalue weighted by atomic mass is 10.1. The van der Waals surface area contributed by atoms with Gasteiger partial charge in [0.05, 0.1) is 11.9 Å². The molecule has 0 N–H and O–H groups in total. The summed E-state index contributed by atoms with van der Waals surface area (Å²) in [5.74, 6) is 1.41. The lowest BCUT2D eigenvalue weighted by Crippen LogP contribution is -2.41. The Morgan fingerprint density at radius 3 is 2.65 bits per heavy atom. The Morgan fingerprint density at radius 2 is 2.00 bits per heavy atom. The number of aryl methyl sites for hydroxylation is 1. The van der Waals surface area contributed by atoms with E-state index in [0.717, 1.165) is 49.0 Å². The average Bonchev–Trinajstić information content (AvgIpc) is 3.09. The highest BCUT2D eigenvalue weighted by atomic mass is 32.2. The Balaban J connectivity index is 1.66. The number of methoxy groups -OCH3 is 1. The fourth-order valence-corrected chi connectivity index (χ4v) is 4.17. The lowest BCUT2D eigenvalue weighted by molar-refractivity contribution is -0.130. The van der Waals surface area contributed by atoms with Crippen molar-refractivity contribution in [1.82, 2.24) is 19.7 Å². The minimum Gasteiger partial charge on any atom is -0.381 e. The van der Waals surface area contributed by atoms with Crippen LogP contribution in [-0.2, 0) is 16.1 Å². The van der Waals surface area contributed by atoms with Gasteiger partial charge in [-0.1, -0.05) is 36.0 Å². The number of hydrogen-bond donors (Lipinski definition) is 0. The zero-order valence-corrected chi connectivity index (χ0v) is 16.5. The Hall–Kier alpha value is -1.86. The van der Waals surface area contributed by atoms with Crippen LogP contribution < -0.4 is 0 Å². The molecule has 3 rings (SSSR count). The highest BCUT2D eigenvalue weighted by Gasteiger charge is 2.23. The van der Waals surface area contributed by atoms with E-state index in [1.807, 2.05) is 17.0 Å². The van der Waals surface area contributed by atoms with Crippen molar-refractivity contribution < 1.29 is 9.53 Å². The van der Waals surface area contributed by atoms with Gasteiger partial charge < -0.3 is 14.2 Å². The molecule has 1 aliphatic heterocycles. The standard InChI is InChI=1S/C19H26N4O2S/c1-4-23-18(16-8-6-5-7-14(16)2)20-21-19(23)26-13-17(24)22-11-9-15(25-3)10-12-22/h5-8,15H,4,9-13H2,1-3H3. The van der Waals surface area contributed by atoms with Crippen molar-refractivity contribution in [2.24, 2.45) is 0 Å². The first-order chi connectivity index (χ1) is 12.6. The first-order valence-corrected chi connectivity index (χ1v) is 10.0. The molecule has 1 fully saturated rings. The molecule has 1 aromatic heterocycles. The van der Waals surface area contributed by atoms with Crippen LogP contribution in [0.1, 0.15) is 25.3 Å². The second-order valence-corrected chi connectivity index (χ2v) is 7.41. The summed E-state index contributed by atoms with van der Waals surface area (Å²) >= 11 is 1.47. The van der Waals surface area contributed by atoms with Gasteiger partial charge in [-0.25, -0.2) is 0 Å². The van der Waals surface area contributed by atoms with Crippen LogP contribution in [0.3, 0.4) is 0 Å². The number of carbonyl (C=O) groups excluding carboxylic acids is 1. The molecule has 0 unspecified atom stereocenters. The van der Waals surface area contributed by atoms with Crippen LogP contribution in [0.25, 0.3) is 11.4 Å². The Morgan fingerprint density at radius 1 is 1.27 bits per heavy atom. The Bertz CT molecular complexity index is 754. The maximum Gasteiger partial charge on any atom is 0.233 e. The Kier molecular flexibility index (Phi) is 6.32. The van der Waals surface area contributed by atoms with Crippen LogP contribution >= 0.6 is 11.8 Å². The maximum atomic E-state index is 12.5. The van der Waals surface area contributed by atoms with E-state index in [1.165, 1.54) is 17.3 Å². The van der Waals surface area contributed by atoms with E-state index in [9.17, 15) is 4.79 Å². The van der Waals surface area contributed by atoms with Crippen molar-refractivity contribution >= 4 is 17.7 Å². The summed E-state index contributed by atoms with van der Waals surface area (Å²) in [6.45, 7) is 6.46. The molecule has 0 aliphatic carbocycles. The predicted octanol–water partition coefficient (Wildman–Crippen LogP) is 3.00. The van der Waals surface area contributed by atoms with Crippen molar-refractivity contribution in [1.29, 1.82) is 0 Å². The van der Waals surface area contributed by atoms with Crippen LogP contribution in [0.4, 0.5) is 0 Å². The molecule has 6 nitrogen and oxygen atoms in total. The van der Waals surface area contributed by atoms with E-state index in [1.54, 1.807) is 7.11 Å². The van der Waals surface area contributed by atoms with Gasteiger partial charge in [-0.3, -0.25) is 4.79 Å². The third kappa shape index (κ3) is 4.10. The van der Waals surface area contributed by atoms with E-state index in [2.05, 4.69) is 40.7 Å². The summed E-state index contributed by atoms with van der Waals surface area (Å²) in [6, 6.07) is 8.17. The predicted molar refractivity (Wildman–Crippen MR) is 103 cm³/mol. The van der Waals surface area contributed by atoms with E-state index >= 15 is 0 Å². The van der Waals surface area contributed by atoms with Gasteiger partial charge in [-0.15, -0.1) is 10.2 Å². The van der Waals surface area contributed by atoms with Crippen molar-refractivity contribution in [2.75, 3.05) is 26.0 Å². The summed E-state index contributed by atoms with van der Waals surface area (Å²) in [4.78, 5) is 14.4. The van der Waals surface area contributed by atoms with Crippen LogP contribution in [0.2, 0.25) is 0 Å². The van der Waals surface area contributed by atoms with Crippen molar-refractivity contribution in [3.63, 3.8) is 0 Å². The molecule has 0 radical (unpaired) electrons. The number of amides is 1. The highest BCUT2D eigenvalue weighted by molar-refractivity contribution is 7.99. The van der Waals surface area contributed by atoms with Crippen molar-refractivity contribution in [2.45, 2.75) is 44.5 Å². The van der Waals surface area contributed by atoms with Gasteiger partial charge in [0.25, 0.3) is 0 Å². The third-order valence-electron chi connectivity index (χ3n) is 4.87. The number of thioether (sulfide) groups is 1. The van der Waals surface area contributed by atoms with Crippen LogP contribution in [0, 0.1) is 6.92 Å². The van der Waals surface area contributed by atoms with Gasteiger partial charge in [0.15, 0.2) is 11.0 Å². The minimum atomic E-state index is 0.160. The molecular formula is C19H26N4O2S. The number of likely N-dealkylation sites (tertiary alicyclic amines) is 1. The van der Waals surface area contributed by atoms with Gasteiger partial charge in [0.2, 0.25) is 5.91 Å². The summed E-state index contributed by atoms with van der Waals surface area (Å²) in [7, 11) is 1.74. The molecule has 0 saturated carbocycles. The molecular weight excluding hydrogens is 348 g/mol. The molecule has 1 saturated heterocycles. The van der Waals surface area contributed by atoms with E-state index in [-0.39, 0.29) is 12.0 Å². The zero-order chi connectivity index (χ0) is 18.5. The van der Waals surface area contributed by atoms with Gasteiger partial charge in [-0.05, 0) is 32.3 Å². The number of ether oxygens (including phenoxy) is 1. The molecule has 26 heavy (non-hydrogen) atoms. The summed E-state index contributed by atoms with van der Waals surface area (Å²) in [5, 5.41) is 9.51. The molecule has 140 valence electrons. The van der Waals surface area contributed by atoms with Gasteiger partial charge >= 0.3 is 0 Å². The minimum absolute atomic E-state index is 0.160. The van der Waals surface area contributed by atoms with Crippen molar-refractivity contribution in [3.8, 4) is 11.4 Å². The molecule has 0 bridgehead atoms. The maximum absolute atomic E-state index is 12.5. The van der Waals surface area contributed by atoms with Crippen molar-refractivity contribution in [3.05, 3.63) is 29.8 Å². The second-order valence-electron chi connectivity index (χ2n) is 6.47. The summed E-state index contributed by atoms with van der Waals surface area (Å²) in [5.41, 5.74) is 2.25. The quantitative estimate of drug-likeness (QED) is 0.728. The molecule has 1 aliphatic rings. The first-order valence-electron chi connectivity index (χ1n) is 9.06. The van der Waals surface area contributed by atoms with E-state index in [0.29, 0.717) is 5.75 Å². The normalized spacial score (nSPS) is 15.4. The first kappa shape index (κ1) is 18.9. The molecule has 1 amide bonds. The number of piperidine rings is 1. The molecule has 7 heteroatoms. The number of nitrogens with zero attached hydrogens (tertiary/aromatic N) is 4. The molecule has 0 spiro atoms. The SMILES string of the molecule is CCn1c(SCC(=O)N2CCC(OC)CC2)nnc1-c1ccccc1C. The number of benzene rings is 1. The third-order valence-corrected chi connectivity index (χ3v) is 5.82. The summed E-state index contributed by atoms with van der Waals surface area (Å²) in [6.07, 6.45) is 2.11. The number of hydrogen-bond acceptors (Lipinski definition) is 5. The second kappa shape index (κ2) is 8.68. The van der Waals surface area contributed by atoms with E-state index < -0.39 is 0 Å². The molecule has 2 heterocycles. The van der Waals surface area contributed by atoms with Crippen LogP contribution in [-0.4, -0.2) is 57.6 Å². The fourth-order valence-electron chi connectivity index (χ4n) is 3.26. The topological polar surface area (TPSA) is 60.2 Å². The van der Waals surface area contributed by atoms with Gasteiger partial charge in [0.1, 0.15) is 0 Å².